The van der Waals surface area contributed by atoms with Gasteiger partial charge in [0, 0.05) is 5.02 Å². The first-order valence-electron chi connectivity index (χ1n) is 4.70. The van der Waals surface area contributed by atoms with E-state index in [1.54, 1.807) is 23.6 Å². The van der Waals surface area contributed by atoms with Crippen molar-refractivity contribution in [3.05, 3.63) is 28.0 Å². The summed E-state index contributed by atoms with van der Waals surface area (Å²) < 4.78 is 2.13. The van der Waals surface area contributed by atoms with Crippen molar-refractivity contribution in [2.24, 2.45) is 5.73 Å². The highest BCUT2D eigenvalue weighted by Gasteiger charge is 2.15. The van der Waals surface area contributed by atoms with Crippen LogP contribution in [0.4, 0.5) is 0 Å². The van der Waals surface area contributed by atoms with Crippen molar-refractivity contribution in [2.75, 3.05) is 0 Å². The maximum absolute atomic E-state index is 11.2. The summed E-state index contributed by atoms with van der Waals surface area (Å²) in [5.74, 6) is -0.433. The number of nitrogens with zero attached hydrogens (tertiary/aromatic N) is 1. The number of rotatable bonds is 2. The average molecular weight is 256 g/mol. The van der Waals surface area contributed by atoms with Gasteiger partial charge in [0.2, 0.25) is 5.91 Å². The van der Waals surface area contributed by atoms with Crippen molar-refractivity contribution in [3.63, 3.8) is 0 Å². The van der Waals surface area contributed by atoms with Crippen LogP contribution in [0.25, 0.3) is 11.0 Å². The topological polar surface area (TPSA) is 63.8 Å². The number of fused-ring (bicyclic) bond motifs is 1. The van der Waals surface area contributed by atoms with Crippen molar-refractivity contribution < 1.29 is 4.79 Å². The summed E-state index contributed by atoms with van der Waals surface area (Å²) in [6.07, 6.45) is 0. The lowest BCUT2D eigenvalue weighted by Gasteiger charge is -2.10. The maximum Gasteiger partial charge on any atom is 0.240 e. The molecule has 0 saturated carbocycles. The third-order valence-electron chi connectivity index (χ3n) is 2.48. The van der Waals surface area contributed by atoms with Gasteiger partial charge < -0.3 is 15.3 Å². The fraction of sp³-hybridized carbons (Fsp3) is 0.200. The minimum absolute atomic E-state index is 0.433. The molecule has 3 N–H and O–H groups in total. The zero-order chi connectivity index (χ0) is 11.9. The van der Waals surface area contributed by atoms with Crippen LogP contribution in [0.1, 0.15) is 13.0 Å². The molecule has 2 aromatic rings. The van der Waals surface area contributed by atoms with Crippen molar-refractivity contribution >= 4 is 40.8 Å². The highest BCUT2D eigenvalue weighted by molar-refractivity contribution is 7.71. The second kappa shape index (κ2) is 3.92. The van der Waals surface area contributed by atoms with Gasteiger partial charge >= 0.3 is 0 Å². The van der Waals surface area contributed by atoms with Gasteiger partial charge in [0.1, 0.15) is 6.04 Å². The van der Waals surface area contributed by atoms with E-state index in [1.807, 2.05) is 6.07 Å². The van der Waals surface area contributed by atoms with Crippen LogP contribution in [0.5, 0.6) is 0 Å². The normalized spacial score (nSPS) is 12.9. The van der Waals surface area contributed by atoms with Gasteiger partial charge in [-0.15, -0.1) is 0 Å². The number of hydrogen-bond acceptors (Lipinski definition) is 2. The molecule has 0 radical (unpaired) electrons. The number of hydrogen-bond donors (Lipinski definition) is 2. The van der Waals surface area contributed by atoms with Crippen LogP contribution in [0.3, 0.4) is 0 Å². The summed E-state index contributed by atoms with van der Waals surface area (Å²) in [7, 11) is 0. The van der Waals surface area contributed by atoms with E-state index < -0.39 is 11.9 Å². The Morgan fingerprint density at radius 2 is 2.31 bits per heavy atom. The lowest BCUT2D eigenvalue weighted by Crippen LogP contribution is -2.23. The van der Waals surface area contributed by atoms with Gasteiger partial charge in [-0.05, 0) is 37.3 Å². The SMILES string of the molecule is CC(C(N)=O)n1c(=S)[nH]c2ccc(Cl)cc21. The number of imidazole rings is 1. The van der Waals surface area contributed by atoms with E-state index in [4.69, 9.17) is 29.6 Å². The lowest BCUT2D eigenvalue weighted by atomic mass is 10.2. The number of carbonyl (C=O) groups excluding carboxylic acids is 1. The molecule has 0 aliphatic rings. The Balaban J connectivity index is 2.77. The summed E-state index contributed by atoms with van der Waals surface area (Å²) in [6, 6.07) is 4.83. The molecule has 1 aromatic carbocycles. The van der Waals surface area contributed by atoms with E-state index in [-0.39, 0.29) is 0 Å². The second-order valence-electron chi connectivity index (χ2n) is 3.54. The van der Waals surface area contributed by atoms with Crippen LogP contribution < -0.4 is 5.73 Å². The van der Waals surface area contributed by atoms with E-state index >= 15 is 0 Å². The van der Waals surface area contributed by atoms with E-state index in [1.165, 1.54) is 0 Å². The summed E-state index contributed by atoms with van der Waals surface area (Å²) in [5, 5.41) is 0.590. The predicted molar refractivity (Wildman–Crippen MR) is 66.0 cm³/mol. The number of benzene rings is 1. The summed E-state index contributed by atoms with van der Waals surface area (Å²) in [5.41, 5.74) is 6.89. The third-order valence-corrected chi connectivity index (χ3v) is 3.01. The minimum atomic E-state index is -0.500. The van der Waals surface area contributed by atoms with Gasteiger partial charge in [0.25, 0.3) is 0 Å². The first-order valence-corrected chi connectivity index (χ1v) is 5.48. The molecule has 84 valence electrons. The molecular weight excluding hydrogens is 246 g/mol. The molecule has 0 aliphatic heterocycles. The highest BCUT2D eigenvalue weighted by Crippen LogP contribution is 2.22. The molecule has 1 amide bonds. The smallest absolute Gasteiger partial charge is 0.240 e. The number of amides is 1. The van der Waals surface area contributed by atoms with Gasteiger partial charge in [-0.25, -0.2) is 0 Å². The van der Waals surface area contributed by atoms with Crippen LogP contribution in [-0.4, -0.2) is 15.5 Å². The van der Waals surface area contributed by atoms with Crippen LogP contribution in [0.15, 0.2) is 18.2 Å². The quantitative estimate of drug-likeness (QED) is 0.810. The van der Waals surface area contributed by atoms with Gasteiger partial charge in [-0.1, -0.05) is 11.6 Å². The first kappa shape index (κ1) is 11.2. The van der Waals surface area contributed by atoms with E-state index in [9.17, 15) is 4.79 Å². The Hall–Kier alpha value is -1.33. The van der Waals surface area contributed by atoms with Gasteiger partial charge in [-0.3, -0.25) is 4.79 Å². The Bertz CT molecular complexity index is 616. The zero-order valence-corrected chi connectivity index (χ0v) is 10.1. The van der Waals surface area contributed by atoms with Gasteiger partial charge in [0.05, 0.1) is 11.0 Å². The van der Waals surface area contributed by atoms with Gasteiger partial charge in [0.15, 0.2) is 4.77 Å². The molecule has 1 atom stereocenters. The molecule has 1 heterocycles. The molecule has 0 spiro atoms. The minimum Gasteiger partial charge on any atom is -0.368 e. The number of nitrogens with one attached hydrogen (secondary N) is 1. The van der Waals surface area contributed by atoms with Crippen LogP contribution >= 0.6 is 23.8 Å². The van der Waals surface area contributed by atoms with Crippen LogP contribution in [0, 0.1) is 4.77 Å². The van der Waals surface area contributed by atoms with E-state index in [0.717, 1.165) is 11.0 Å². The summed E-state index contributed by atoms with van der Waals surface area (Å²) in [6.45, 7) is 1.70. The summed E-state index contributed by atoms with van der Waals surface area (Å²) >= 11 is 11.1. The monoisotopic (exact) mass is 255 g/mol. The van der Waals surface area contributed by atoms with Crippen LogP contribution in [0.2, 0.25) is 5.02 Å². The molecular formula is C10H10ClN3OS. The Morgan fingerprint density at radius 3 is 2.94 bits per heavy atom. The molecule has 6 heteroatoms. The molecule has 1 unspecified atom stereocenters. The molecule has 16 heavy (non-hydrogen) atoms. The highest BCUT2D eigenvalue weighted by atomic mass is 35.5. The van der Waals surface area contributed by atoms with Crippen molar-refractivity contribution in [2.45, 2.75) is 13.0 Å². The lowest BCUT2D eigenvalue weighted by molar-refractivity contribution is -0.120. The van der Waals surface area contributed by atoms with Crippen molar-refractivity contribution in [1.82, 2.24) is 9.55 Å². The number of carbonyl (C=O) groups is 1. The molecule has 1 aromatic heterocycles. The average Bonchev–Trinajstić information content (AvgIpc) is 2.52. The van der Waals surface area contributed by atoms with Crippen LogP contribution in [-0.2, 0) is 4.79 Å². The predicted octanol–water partition coefficient (Wildman–Crippen LogP) is 2.40. The zero-order valence-electron chi connectivity index (χ0n) is 8.53. The fourth-order valence-corrected chi connectivity index (χ4v) is 2.14. The number of nitrogens with two attached hydrogens (primary N) is 1. The number of H-pyrrole nitrogens is 1. The Labute approximate surface area is 102 Å². The van der Waals surface area contributed by atoms with Crippen molar-refractivity contribution in [3.8, 4) is 0 Å². The standard InChI is InChI=1S/C10H10ClN3OS/c1-5(9(12)15)14-8-4-6(11)2-3-7(8)13-10(14)16/h2-5H,1H3,(H2,12,15)(H,13,16). The first-order chi connectivity index (χ1) is 7.50. The number of primary amides is 1. The third kappa shape index (κ3) is 1.72. The molecule has 0 bridgehead atoms. The largest absolute Gasteiger partial charge is 0.368 e. The molecule has 4 nitrogen and oxygen atoms in total. The molecule has 0 saturated heterocycles. The molecule has 2 rings (SSSR count). The molecule has 0 aliphatic carbocycles. The Kier molecular flexibility index (Phi) is 2.73. The van der Waals surface area contributed by atoms with E-state index in [2.05, 4.69) is 4.98 Å². The van der Waals surface area contributed by atoms with Gasteiger partial charge in [-0.2, -0.15) is 0 Å². The number of aromatic nitrogens is 2. The maximum atomic E-state index is 11.2. The summed E-state index contributed by atoms with van der Waals surface area (Å²) in [4.78, 5) is 14.2. The number of halogens is 1. The number of aromatic amines is 1. The second-order valence-corrected chi connectivity index (χ2v) is 4.36. The molecule has 0 fully saturated rings. The fourth-order valence-electron chi connectivity index (χ4n) is 1.61. The van der Waals surface area contributed by atoms with Crippen molar-refractivity contribution in [1.29, 1.82) is 0 Å². The van der Waals surface area contributed by atoms with E-state index in [0.29, 0.717) is 9.79 Å². The Morgan fingerprint density at radius 1 is 1.62 bits per heavy atom.